The summed E-state index contributed by atoms with van der Waals surface area (Å²) < 4.78 is 0. The summed E-state index contributed by atoms with van der Waals surface area (Å²) in [4.78, 5) is 0. The second-order valence-electron chi connectivity index (χ2n) is 4.04. The zero-order chi connectivity index (χ0) is 10.9. The van der Waals surface area contributed by atoms with E-state index in [0.717, 1.165) is 15.0 Å². The Morgan fingerprint density at radius 3 is 2.60 bits per heavy atom. The Morgan fingerprint density at radius 2 is 1.87 bits per heavy atom. The Kier molecular flexibility index (Phi) is 6.79. The molecule has 84 valence electrons. The van der Waals surface area contributed by atoms with E-state index in [1.165, 1.54) is 41.9 Å². The summed E-state index contributed by atoms with van der Waals surface area (Å²) in [5, 5.41) is 2.78. The van der Waals surface area contributed by atoms with Gasteiger partial charge in [-0.3, -0.25) is 0 Å². The molecule has 0 amide bonds. The Bertz CT molecular complexity index is 268. The first kappa shape index (κ1) is 12.8. The molecular formula is C14H22Se. The van der Waals surface area contributed by atoms with Crippen LogP contribution < -0.4 is 0 Å². The summed E-state index contributed by atoms with van der Waals surface area (Å²) in [6, 6.07) is 8.80. The van der Waals surface area contributed by atoms with Gasteiger partial charge in [0.2, 0.25) is 0 Å². The number of aryl methyl sites for hydroxylation is 1. The van der Waals surface area contributed by atoms with Crippen LogP contribution in [-0.2, 0) is 5.32 Å². The Labute approximate surface area is 101 Å². The summed E-state index contributed by atoms with van der Waals surface area (Å²) in [5.41, 5.74) is 3.03. The Balaban J connectivity index is 2.12. The average molecular weight is 269 g/mol. The van der Waals surface area contributed by atoms with Gasteiger partial charge in [-0.05, 0) is 0 Å². The first-order valence-corrected chi connectivity index (χ1v) is 8.39. The van der Waals surface area contributed by atoms with Gasteiger partial charge >= 0.3 is 101 Å². The fourth-order valence-corrected chi connectivity index (χ4v) is 3.89. The monoisotopic (exact) mass is 270 g/mol. The topological polar surface area (TPSA) is 0 Å². The summed E-state index contributed by atoms with van der Waals surface area (Å²) in [6.45, 7) is 4.50. The van der Waals surface area contributed by atoms with Crippen LogP contribution >= 0.6 is 0 Å². The van der Waals surface area contributed by atoms with E-state index in [1.54, 1.807) is 5.56 Å². The third kappa shape index (κ3) is 5.39. The van der Waals surface area contributed by atoms with E-state index in [1.807, 2.05) is 0 Å². The molecule has 0 aliphatic heterocycles. The van der Waals surface area contributed by atoms with E-state index in [2.05, 4.69) is 38.1 Å². The normalized spacial score (nSPS) is 10.5. The minimum atomic E-state index is 0.819. The molecule has 0 aliphatic carbocycles. The van der Waals surface area contributed by atoms with Crippen LogP contribution in [0.3, 0.4) is 0 Å². The SMILES string of the molecule is CCCCCC[Se]Cc1ccccc1C. The van der Waals surface area contributed by atoms with Crippen LogP contribution in [0.1, 0.15) is 43.7 Å². The van der Waals surface area contributed by atoms with Gasteiger partial charge in [0.25, 0.3) is 0 Å². The fourth-order valence-electron chi connectivity index (χ4n) is 1.59. The van der Waals surface area contributed by atoms with Gasteiger partial charge in [-0.2, -0.15) is 0 Å². The van der Waals surface area contributed by atoms with E-state index in [9.17, 15) is 0 Å². The van der Waals surface area contributed by atoms with Gasteiger partial charge in [0.1, 0.15) is 0 Å². The van der Waals surface area contributed by atoms with E-state index < -0.39 is 0 Å². The second kappa shape index (κ2) is 7.96. The van der Waals surface area contributed by atoms with E-state index in [4.69, 9.17) is 0 Å². The third-order valence-corrected chi connectivity index (χ3v) is 4.95. The van der Waals surface area contributed by atoms with Crippen molar-refractivity contribution < 1.29 is 0 Å². The van der Waals surface area contributed by atoms with Gasteiger partial charge in [0.15, 0.2) is 0 Å². The standard InChI is InChI=1S/C14H22Se/c1-3-4-5-8-11-15-12-14-10-7-6-9-13(14)2/h6-7,9-10H,3-5,8,11-12H2,1-2H3. The average Bonchev–Trinajstić information content (AvgIpc) is 2.25. The molecule has 1 heteroatoms. The second-order valence-corrected chi connectivity index (χ2v) is 6.36. The van der Waals surface area contributed by atoms with E-state index in [0.29, 0.717) is 0 Å². The van der Waals surface area contributed by atoms with Crippen molar-refractivity contribution in [2.45, 2.75) is 50.2 Å². The van der Waals surface area contributed by atoms with Crippen molar-refractivity contribution in [3.8, 4) is 0 Å². The number of rotatable bonds is 7. The van der Waals surface area contributed by atoms with Gasteiger partial charge in [-0.1, -0.05) is 0 Å². The predicted molar refractivity (Wildman–Crippen MR) is 69.6 cm³/mol. The minimum absolute atomic E-state index is 0.819. The Morgan fingerprint density at radius 1 is 1.07 bits per heavy atom. The first-order valence-electron chi connectivity index (χ1n) is 5.97. The van der Waals surface area contributed by atoms with Gasteiger partial charge in [-0.15, -0.1) is 0 Å². The Hall–Kier alpha value is -0.261. The van der Waals surface area contributed by atoms with Crippen LogP contribution in [0.15, 0.2) is 24.3 Å². The third-order valence-electron chi connectivity index (χ3n) is 2.66. The zero-order valence-corrected chi connectivity index (χ0v) is 11.7. The summed E-state index contributed by atoms with van der Waals surface area (Å²) in [5.74, 6) is 0. The van der Waals surface area contributed by atoms with Crippen LogP contribution in [0.25, 0.3) is 0 Å². The number of hydrogen-bond donors (Lipinski definition) is 0. The first-order chi connectivity index (χ1) is 7.34. The zero-order valence-electron chi connectivity index (χ0n) is 9.96. The molecule has 0 spiro atoms. The van der Waals surface area contributed by atoms with Crippen LogP contribution in [0, 0.1) is 6.92 Å². The van der Waals surface area contributed by atoms with Gasteiger partial charge in [-0.25, -0.2) is 0 Å². The molecule has 1 aromatic rings. The molecule has 0 N–H and O–H groups in total. The van der Waals surface area contributed by atoms with Crippen LogP contribution in [0.4, 0.5) is 0 Å². The van der Waals surface area contributed by atoms with Gasteiger partial charge in [0.05, 0.1) is 0 Å². The molecule has 0 bridgehead atoms. The molecule has 1 rings (SSSR count). The van der Waals surface area contributed by atoms with Crippen LogP contribution in [0.5, 0.6) is 0 Å². The number of unbranched alkanes of at least 4 members (excludes halogenated alkanes) is 3. The molecule has 0 nitrogen and oxygen atoms in total. The van der Waals surface area contributed by atoms with Crippen molar-refractivity contribution in [2.24, 2.45) is 0 Å². The quantitative estimate of drug-likeness (QED) is 0.514. The van der Waals surface area contributed by atoms with E-state index in [-0.39, 0.29) is 0 Å². The van der Waals surface area contributed by atoms with Gasteiger partial charge < -0.3 is 0 Å². The molecule has 15 heavy (non-hydrogen) atoms. The van der Waals surface area contributed by atoms with E-state index >= 15 is 0 Å². The molecule has 0 heterocycles. The molecule has 0 unspecified atom stereocenters. The fraction of sp³-hybridized carbons (Fsp3) is 0.571. The van der Waals surface area contributed by atoms with Gasteiger partial charge in [0, 0.05) is 0 Å². The summed E-state index contributed by atoms with van der Waals surface area (Å²) >= 11 is 0.819. The maximum atomic E-state index is 2.28. The molecule has 0 aromatic heterocycles. The van der Waals surface area contributed by atoms with Crippen molar-refractivity contribution in [1.82, 2.24) is 0 Å². The number of benzene rings is 1. The summed E-state index contributed by atoms with van der Waals surface area (Å²) in [7, 11) is 0. The molecule has 1 aromatic carbocycles. The van der Waals surface area contributed by atoms with Crippen molar-refractivity contribution >= 4 is 15.0 Å². The van der Waals surface area contributed by atoms with Crippen molar-refractivity contribution in [3.05, 3.63) is 35.4 Å². The predicted octanol–water partition coefficient (Wildman–Crippen LogP) is 4.20. The summed E-state index contributed by atoms with van der Waals surface area (Å²) in [6.07, 6.45) is 5.65. The maximum absolute atomic E-state index is 2.28. The molecule has 0 atom stereocenters. The van der Waals surface area contributed by atoms with Crippen molar-refractivity contribution in [2.75, 3.05) is 0 Å². The molecule has 0 radical (unpaired) electrons. The molecule has 0 aliphatic rings. The number of hydrogen-bond acceptors (Lipinski definition) is 0. The molecular weight excluding hydrogens is 247 g/mol. The van der Waals surface area contributed by atoms with Crippen LogP contribution in [0.2, 0.25) is 5.32 Å². The molecule has 0 fully saturated rings. The van der Waals surface area contributed by atoms with Crippen molar-refractivity contribution in [1.29, 1.82) is 0 Å². The van der Waals surface area contributed by atoms with Crippen molar-refractivity contribution in [3.63, 3.8) is 0 Å². The van der Waals surface area contributed by atoms with Crippen LogP contribution in [-0.4, -0.2) is 15.0 Å². The molecule has 0 saturated carbocycles. The molecule has 0 saturated heterocycles.